The lowest BCUT2D eigenvalue weighted by Gasteiger charge is -2.23. The van der Waals surface area contributed by atoms with E-state index in [-0.39, 0.29) is 31.3 Å². The summed E-state index contributed by atoms with van der Waals surface area (Å²) < 4.78 is 37.9. The molecule has 2 rings (SSSR count). The van der Waals surface area contributed by atoms with Crippen molar-refractivity contribution in [2.45, 2.75) is 50.4 Å². The number of rotatable bonds is 3. The van der Waals surface area contributed by atoms with Crippen LogP contribution in [0.2, 0.25) is 0 Å². The van der Waals surface area contributed by atoms with Crippen LogP contribution in [0.4, 0.5) is 18.0 Å². The third kappa shape index (κ3) is 2.99. The molecule has 1 unspecified atom stereocenters. The van der Waals surface area contributed by atoms with Gasteiger partial charge >= 0.3 is 12.2 Å². The highest BCUT2D eigenvalue weighted by atomic mass is 19.4. The molecule has 2 aliphatic rings. The van der Waals surface area contributed by atoms with E-state index in [1.54, 1.807) is 4.90 Å². The van der Waals surface area contributed by atoms with Gasteiger partial charge in [0.05, 0.1) is 6.54 Å². The van der Waals surface area contributed by atoms with Crippen LogP contribution in [0.25, 0.3) is 0 Å². The van der Waals surface area contributed by atoms with Crippen molar-refractivity contribution in [2.75, 3.05) is 13.1 Å². The van der Waals surface area contributed by atoms with E-state index in [1.807, 2.05) is 12.2 Å². The second kappa shape index (κ2) is 5.14. The first kappa shape index (κ1) is 14.9. The molecule has 1 saturated heterocycles. The fourth-order valence-electron chi connectivity index (χ4n) is 2.43. The van der Waals surface area contributed by atoms with Crippen molar-refractivity contribution in [3.63, 3.8) is 0 Å². The van der Waals surface area contributed by atoms with Crippen LogP contribution in [0.15, 0.2) is 0 Å². The molecule has 2 fully saturated rings. The molecule has 20 heavy (non-hydrogen) atoms. The van der Waals surface area contributed by atoms with Gasteiger partial charge in [0, 0.05) is 12.6 Å². The van der Waals surface area contributed by atoms with Crippen molar-refractivity contribution in [1.29, 1.82) is 0 Å². The predicted octanol–water partition coefficient (Wildman–Crippen LogP) is 1.39. The number of hydrogen-bond donors (Lipinski definition) is 2. The van der Waals surface area contributed by atoms with Gasteiger partial charge in [0.25, 0.3) is 0 Å². The van der Waals surface area contributed by atoms with Gasteiger partial charge in [0.15, 0.2) is 0 Å². The molecule has 5 nitrogen and oxygen atoms in total. The highest BCUT2D eigenvalue weighted by Crippen LogP contribution is 2.48. The van der Waals surface area contributed by atoms with Gasteiger partial charge in [-0.25, -0.2) is 4.79 Å². The van der Waals surface area contributed by atoms with Crippen molar-refractivity contribution < 1.29 is 22.8 Å². The summed E-state index contributed by atoms with van der Waals surface area (Å²) in [5.74, 6) is -0.262. The van der Waals surface area contributed by atoms with Gasteiger partial charge < -0.3 is 15.5 Å². The summed E-state index contributed by atoms with van der Waals surface area (Å²) in [6.07, 6.45) is -2.84. The van der Waals surface area contributed by atoms with Crippen LogP contribution in [-0.2, 0) is 4.79 Å². The minimum atomic E-state index is -4.45. The number of halogens is 3. The van der Waals surface area contributed by atoms with E-state index in [2.05, 4.69) is 5.32 Å². The Labute approximate surface area is 114 Å². The standard InChI is InChI=1S/C12H18F3N3O2/c1-8-3-2-6-18(8)9(19)7-16-10(20)17-11(4-5-11)12(13,14)15/h8H,2-7H2,1H3,(H2,16,17,20). The van der Waals surface area contributed by atoms with Crippen molar-refractivity contribution in [3.8, 4) is 0 Å². The first-order valence-electron chi connectivity index (χ1n) is 6.67. The van der Waals surface area contributed by atoms with Crippen molar-refractivity contribution >= 4 is 11.9 Å². The van der Waals surface area contributed by atoms with E-state index in [9.17, 15) is 22.8 Å². The van der Waals surface area contributed by atoms with Crippen LogP contribution in [0, 0.1) is 0 Å². The van der Waals surface area contributed by atoms with Crippen molar-refractivity contribution in [1.82, 2.24) is 15.5 Å². The maximum atomic E-state index is 12.6. The number of nitrogens with zero attached hydrogens (tertiary/aromatic N) is 1. The summed E-state index contributed by atoms with van der Waals surface area (Å²) >= 11 is 0. The first-order chi connectivity index (χ1) is 9.25. The predicted molar refractivity (Wildman–Crippen MR) is 65.0 cm³/mol. The van der Waals surface area contributed by atoms with Crippen LogP contribution in [-0.4, -0.2) is 47.7 Å². The number of likely N-dealkylation sites (tertiary alicyclic amines) is 1. The van der Waals surface area contributed by atoms with E-state index in [0.29, 0.717) is 6.54 Å². The van der Waals surface area contributed by atoms with Crippen molar-refractivity contribution in [2.24, 2.45) is 0 Å². The maximum Gasteiger partial charge on any atom is 0.411 e. The molecular formula is C12H18F3N3O2. The molecule has 0 radical (unpaired) electrons. The Morgan fingerprint density at radius 2 is 2.00 bits per heavy atom. The zero-order valence-electron chi connectivity index (χ0n) is 11.2. The van der Waals surface area contributed by atoms with Gasteiger partial charge in [-0.3, -0.25) is 4.79 Å². The third-order valence-corrected chi connectivity index (χ3v) is 3.92. The lowest BCUT2D eigenvalue weighted by molar-refractivity contribution is -0.162. The SMILES string of the molecule is CC1CCCN1C(=O)CNC(=O)NC1(C(F)(F)F)CC1. The van der Waals surface area contributed by atoms with Gasteiger partial charge in [-0.15, -0.1) is 0 Å². The molecule has 2 N–H and O–H groups in total. The summed E-state index contributed by atoms with van der Waals surface area (Å²) in [5, 5.41) is 4.13. The Morgan fingerprint density at radius 3 is 2.45 bits per heavy atom. The molecule has 8 heteroatoms. The molecule has 0 aromatic heterocycles. The van der Waals surface area contributed by atoms with E-state index in [0.717, 1.165) is 12.8 Å². The smallest absolute Gasteiger partial charge is 0.338 e. The molecule has 0 bridgehead atoms. The summed E-state index contributed by atoms with van der Waals surface area (Å²) in [6.45, 7) is 2.27. The average Bonchev–Trinajstić information content (AvgIpc) is 3.01. The Morgan fingerprint density at radius 1 is 1.35 bits per heavy atom. The minimum absolute atomic E-state index is 0.110. The van der Waals surface area contributed by atoms with Crippen LogP contribution in [0.5, 0.6) is 0 Å². The number of hydrogen-bond acceptors (Lipinski definition) is 2. The maximum absolute atomic E-state index is 12.6. The Balaban J connectivity index is 1.77. The van der Waals surface area contributed by atoms with Crippen molar-refractivity contribution in [3.05, 3.63) is 0 Å². The normalized spacial score (nSPS) is 24.4. The van der Waals surface area contributed by atoms with Crippen LogP contribution >= 0.6 is 0 Å². The number of urea groups is 1. The summed E-state index contributed by atoms with van der Waals surface area (Å²) in [4.78, 5) is 24.9. The Hall–Kier alpha value is -1.47. The van der Waals surface area contributed by atoms with E-state index < -0.39 is 17.7 Å². The zero-order valence-corrected chi connectivity index (χ0v) is 11.2. The molecule has 3 amide bonds. The molecule has 0 aromatic rings. The van der Waals surface area contributed by atoms with E-state index in [1.165, 1.54) is 0 Å². The number of carbonyl (C=O) groups excluding carboxylic acids is 2. The van der Waals surface area contributed by atoms with Crippen LogP contribution < -0.4 is 10.6 Å². The number of nitrogens with one attached hydrogen (secondary N) is 2. The number of alkyl halides is 3. The summed E-state index contributed by atoms with van der Waals surface area (Å²) in [6, 6.07) is -0.822. The Kier molecular flexibility index (Phi) is 3.84. The quantitative estimate of drug-likeness (QED) is 0.826. The fraction of sp³-hybridized carbons (Fsp3) is 0.833. The van der Waals surface area contributed by atoms with E-state index in [4.69, 9.17) is 0 Å². The Bertz CT molecular complexity index is 407. The lowest BCUT2D eigenvalue weighted by atomic mass is 10.2. The lowest BCUT2D eigenvalue weighted by Crippen LogP contribution is -2.53. The average molecular weight is 293 g/mol. The van der Waals surface area contributed by atoms with Gasteiger partial charge in [-0.2, -0.15) is 13.2 Å². The molecule has 1 aliphatic carbocycles. The summed E-state index contributed by atoms with van der Waals surface area (Å²) in [7, 11) is 0. The molecule has 0 aromatic carbocycles. The zero-order chi connectivity index (χ0) is 15.0. The van der Waals surface area contributed by atoms with E-state index >= 15 is 0 Å². The number of amides is 3. The molecular weight excluding hydrogens is 275 g/mol. The highest BCUT2D eigenvalue weighted by Gasteiger charge is 2.64. The second-order valence-electron chi connectivity index (χ2n) is 5.47. The highest BCUT2D eigenvalue weighted by molar-refractivity contribution is 5.84. The topological polar surface area (TPSA) is 61.4 Å². The van der Waals surface area contributed by atoms with Gasteiger partial charge in [0.1, 0.15) is 5.54 Å². The van der Waals surface area contributed by atoms with Gasteiger partial charge in [0.2, 0.25) is 5.91 Å². The van der Waals surface area contributed by atoms with Crippen LogP contribution in [0.3, 0.4) is 0 Å². The summed E-state index contributed by atoms with van der Waals surface area (Å²) in [5.41, 5.74) is -2.10. The molecule has 1 saturated carbocycles. The van der Waals surface area contributed by atoms with Crippen LogP contribution in [0.1, 0.15) is 32.6 Å². The largest absolute Gasteiger partial charge is 0.411 e. The molecule has 1 heterocycles. The molecule has 0 spiro atoms. The second-order valence-corrected chi connectivity index (χ2v) is 5.47. The molecule has 1 aliphatic heterocycles. The first-order valence-corrected chi connectivity index (χ1v) is 6.67. The minimum Gasteiger partial charge on any atom is -0.338 e. The number of carbonyl (C=O) groups is 2. The van der Waals surface area contributed by atoms with Gasteiger partial charge in [-0.1, -0.05) is 0 Å². The third-order valence-electron chi connectivity index (χ3n) is 3.92. The molecule has 114 valence electrons. The monoisotopic (exact) mass is 293 g/mol. The fourth-order valence-corrected chi connectivity index (χ4v) is 2.43. The van der Waals surface area contributed by atoms with Gasteiger partial charge in [-0.05, 0) is 32.6 Å². The molecule has 1 atom stereocenters.